The number of para-hydroxylation sites is 1. The highest BCUT2D eigenvalue weighted by Gasteiger charge is 2.26. The van der Waals surface area contributed by atoms with E-state index in [0.29, 0.717) is 12.8 Å². The Balaban J connectivity index is 1.82. The minimum Gasteiger partial charge on any atom is -0.481 e. The Morgan fingerprint density at radius 3 is 2.44 bits per heavy atom. The zero-order valence-electron chi connectivity index (χ0n) is 19.2. The zero-order valence-corrected chi connectivity index (χ0v) is 20.1. The molecule has 0 radical (unpaired) electrons. The number of rotatable bonds is 12. The molecule has 3 rings (SSSR count). The van der Waals surface area contributed by atoms with Crippen molar-refractivity contribution in [3.63, 3.8) is 0 Å². The second kappa shape index (κ2) is 12.0. The normalized spacial score (nSPS) is 12.7. The van der Waals surface area contributed by atoms with Gasteiger partial charge in [0, 0.05) is 11.1 Å². The van der Waals surface area contributed by atoms with Gasteiger partial charge in [0.2, 0.25) is 6.16 Å². The van der Waals surface area contributed by atoms with Gasteiger partial charge in [0.15, 0.2) is 0 Å². The summed E-state index contributed by atoms with van der Waals surface area (Å²) in [5.41, 5.74) is 4.53. The summed E-state index contributed by atoms with van der Waals surface area (Å²) in [6.45, 7) is 4.36. The summed E-state index contributed by atoms with van der Waals surface area (Å²) < 4.78 is 32.9. The van der Waals surface area contributed by atoms with Crippen LogP contribution in [0.1, 0.15) is 43.9 Å². The van der Waals surface area contributed by atoms with E-state index in [1.807, 2.05) is 35.0 Å². The molecule has 0 spiro atoms. The fourth-order valence-corrected chi connectivity index (χ4v) is 4.73. The van der Waals surface area contributed by atoms with Crippen molar-refractivity contribution in [1.29, 1.82) is 0 Å². The van der Waals surface area contributed by atoms with E-state index in [2.05, 4.69) is 13.8 Å². The van der Waals surface area contributed by atoms with Gasteiger partial charge in [0.1, 0.15) is 18.5 Å². The number of aromatic nitrogens is 2. The van der Waals surface area contributed by atoms with Crippen molar-refractivity contribution in [2.24, 2.45) is 0 Å². The highest BCUT2D eigenvalue weighted by atomic mass is 31.1. The molecule has 0 aliphatic rings. The van der Waals surface area contributed by atoms with Gasteiger partial charge in [0.05, 0.1) is 23.5 Å². The van der Waals surface area contributed by atoms with E-state index in [9.17, 15) is 18.9 Å². The predicted molar refractivity (Wildman–Crippen MR) is 128 cm³/mol. The first-order valence-electron chi connectivity index (χ1n) is 11.2. The van der Waals surface area contributed by atoms with Crippen LogP contribution < -0.4 is 0 Å². The van der Waals surface area contributed by atoms with E-state index < -0.39 is 26.5 Å². The first-order valence-corrected chi connectivity index (χ1v) is 12.5. The minimum atomic E-state index is -2.16. The Labute approximate surface area is 199 Å². The van der Waals surface area contributed by atoms with Crippen LogP contribution in [0.4, 0.5) is 4.39 Å². The fourth-order valence-electron chi connectivity index (χ4n) is 3.81. The summed E-state index contributed by atoms with van der Waals surface area (Å²) in [7, 11) is -2.16. The lowest BCUT2D eigenvalue weighted by Gasteiger charge is -2.13. The summed E-state index contributed by atoms with van der Waals surface area (Å²) in [5.74, 6) is -1.32. The van der Waals surface area contributed by atoms with Gasteiger partial charge < -0.3 is 10.2 Å². The Bertz CT molecular complexity index is 1120. The van der Waals surface area contributed by atoms with Crippen LogP contribution in [0.2, 0.25) is 0 Å². The topological polar surface area (TPSA) is 102 Å². The molecule has 180 valence electrons. The molecule has 34 heavy (non-hydrogen) atoms. The van der Waals surface area contributed by atoms with Crippen LogP contribution in [0.3, 0.4) is 0 Å². The van der Waals surface area contributed by atoms with Crippen LogP contribution in [0.15, 0.2) is 54.6 Å². The van der Waals surface area contributed by atoms with Crippen LogP contribution in [0.25, 0.3) is 16.9 Å². The highest BCUT2D eigenvalue weighted by Crippen LogP contribution is 2.33. The Hall–Kier alpha value is -2.93. The second-order valence-corrected chi connectivity index (χ2v) is 9.61. The van der Waals surface area contributed by atoms with Crippen molar-refractivity contribution < 1.29 is 28.5 Å². The number of aliphatic carboxylic acids is 1. The van der Waals surface area contributed by atoms with Crippen LogP contribution in [0.5, 0.6) is 0 Å². The Morgan fingerprint density at radius 1 is 1.15 bits per heavy atom. The van der Waals surface area contributed by atoms with Crippen LogP contribution in [-0.4, -0.2) is 44.8 Å². The summed E-state index contributed by atoms with van der Waals surface area (Å²) in [6, 6.07) is 16.0. The van der Waals surface area contributed by atoms with E-state index in [0.717, 1.165) is 28.2 Å². The lowest BCUT2D eigenvalue weighted by molar-refractivity contribution is -0.138. The first-order chi connectivity index (χ1) is 16.3. The van der Waals surface area contributed by atoms with Crippen molar-refractivity contribution in [2.45, 2.75) is 45.1 Å². The SMILES string of the molecule is CC(C)c1c(CCCO[P+](=O)CC(O)CC(=O)O)c(-c2ccc(F)cc2)nn1-c1ccccc1. The summed E-state index contributed by atoms with van der Waals surface area (Å²) in [6.07, 6.45) is -0.755. The molecular weight excluding hydrogens is 458 g/mol. The molecule has 2 N–H and O–H groups in total. The number of carboxylic acids is 1. The molecule has 7 nitrogen and oxygen atoms in total. The van der Waals surface area contributed by atoms with Crippen molar-refractivity contribution in [3.05, 3.63) is 71.7 Å². The molecule has 9 heteroatoms. The van der Waals surface area contributed by atoms with Gasteiger partial charge in [-0.15, -0.1) is 4.52 Å². The predicted octanol–water partition coefficient (Wildman–Crippen LogP) is 5.33. The largest absolute Gasteiger partial charge is 0.510 e. The Kier molecular flexibility index (Phi) is 9.05. The average molecular weight is 487 g/mol. The van der Waals surface area contributed by atoms with Crippen molar-refractivity contribution >= 4 is 14.0 Å². The van der Waals surface area contributed by atoms with Crippen LogP contribution in [-0.2, 0) is 20.3 Å². The number of halogens is 1. The molecule has 1 heterocycles. The van der Waals surface area contributed by atoms with Crippen molar-refractivity contribution in [1.82, 2.24) is 9.78 Å². The molecule has 1 aromatic heterocycles. The second-order valence-electron chi connectivity index (χ2n) is 8.33. The van der Waals surface area contributed by atoms with Gasteiger partial charge in [0.25, 0.3) is 0 Å². The van der Waals surface area contributed by atoms with E-state index in [4.69, 9.17) is 14.7 Å². The van der Waals surface area contributed by atoms with Gasteiger partial charge in [-0.3, -0.25) is 4.79 Å². The van der Waals surface area contributed by atoms with Gasteiger partial charge >= 0.3 is 14.0 Å². The lowest BCUT2D eigenvalue weighted by atomic mass is 9.96. The number of aliphatic hydroxyl groups is 1. The number of aliphatic hydroxyl groups excluding tert-OH is 1. The maximum atomic E-state index is 13.5. The van der Waals surface area contributed by atoms with Gasteiger partial charge in [-0.1, -0.05) is 32.0 Å². The van der Waals surface area contributed by atoms with Crippen molar-refractivity contribution in [2.75, 3.05) is 12.8 Å². The number of hydrogen-bond donors (Lipinski definition) is 2. The third-order valence-corrected chi connectivity index (χ3v) is 6.46. The molecule has 0 amide bonds. The number of nitrogens with zero attached hydrogens (tertiary/aromatic N) is 2. The Morgan fingerprint density at radius 2 is 1.82 bits per heavy atom. The lowest BCUT2D eigenvalue weighted by Crippen LogP contribution is -2.15. The maximum absolute atomic E-state index is 13.5. The van der Waals surface area contributed by atoms with E-state index >= 15 is 0 Å². The number of carbonyl (C=O) groups is 1. The summed E-state index contributed by atoms with van der Waals surface area (Å²) in [5, 5.41) is 23.2. The standard InChI is InChI=1S/C25H28FN2O5P/c1-17(2)25-22(9-6-14-33-34(32)16-21(29)15-23(30)31)24(18-10-12-19(26)13-11-18)27-28(25)20-7-4-3-5-8-20/h3-5,7-8,10-13,17,21,29H,6,9,14-16H2,1-2H3/p+1. The van der Waals surface area contributed by atoms with Gasteiger partial charge in [-0.25, -0.2) is 9.07 Å². The molecule has 0 aliphatic carbocycles. The fraction of sp³-hybridized carbons (Fsp3) is 0.360. The quantitative estimate of drug-likeness (QED) is 0.265. The summed E-state index contributed by atoms with van der Waals surface area (Å²) >= 11 is 0. The van der Waals surface area contributed by atoms with Gasteiger partial charge in [-0.2, -0.15) is 5.10 Å². The minimum absolute atomic E-state index is 0.153. The van der Waals surface area contributed by atoms with Crippen LogP contribution in [0, 0.1) is 5.82 Å². The highest BCUT2D eigenvalue weighted by molar-refractivity contribution is 7.39. The number of hydrogen-bond acceptors (Lipinski definition) is 5. The molecule has 2 aromatic carbocycles. The first kappa shape index (κ1) is 25.7. The number of carboxylic acid groups (broad SMARTS) is 1. The molecule has 0 saturated heterocycles. The third-order valence-electron chi connectivity index (χ3n) is 5.26. The molecule has 0 saturated carbocycles. The van der Waals surface area contributed by atoms with E-state index in [1.165, 1.54) is 12.1 Å². The van der Waals surface area contributed by atoms with Gasteiger partial charge in [-0.05, 0) is 59.7 Å². The molecule has 3 aromatic rings. The number of benzene rings is 2. The van der Waals surface area contributed by atoms with Crippen LogP contribution >= 0.6 is 8.03 Å². The summed E-state index contributed by atoms with van der Waals surface area (Å²) in [4.78, 5) is 10.6. The van der Waals surface area contributed by atoms with E-state index in [-0.39, 0.29) is 24.5 Å². The average Bonchev–Trinajstić information content (AvgIpc) is 3.17. The monoisotopic (exact) mass is 487 g/mol. The van der Waals surface area contributed by atoms with E-state index in [1.54, 1.807) is 12.1 Å². The molecule has 2 unspecified atom stereocenters. The molecule has 0 bridgehead atoms. The molecular formula is C25H29FN2O5P+. The smallest absolute Gasteiger partial charge is 0.481 e. The molecule has 0 aliphatic heterocycles. The third kappa shape index (κ3) is 6.79. The molecule has 2 atom stereocenters. The zero-order chi connectivity index (χ0) is 24.7. The maximum Gasteiger partial charge on any atom is 0.510 e. The molecule has 0 fully saturated rings. The van der Waals surface area contributed by atoms with Crippen molar-refractivity contribution in [3.8, 4) is 16.9 Å².